The average Bonchev–Trinajstić information content (AvgIpc) is 2.56. The van der Waals surface area contributed by atoms with Crippen molar-refractivity contribution < 1.29 is 13.2 Å². The number of hydrogen-bond donors (Lipinski definition) is 1. The van der Waals surface area contributed by atoms with Gasteiger partial charge in [0, 0.05) is 18.2 Å². The maximum atomic E-state index is 12.4. The third-order valence-corrected chi connectivity index (χ3v) is 3.04. The van der Waals surface area contributed by atoms with Crippen LogP contribution < -0.4 is 10.6 Å². The van der Waals surface area contributed by atoms with Gasteiger partial charge in [0.05, 0.1) is 0 Å². The van der Waals surface area contributed by atoms with Crippen molar-refractivity contribution in [2.45, 2.75) is 18.5 Å². The second-order valence-corrected chi connectivity index (χ2v) is 4.33. The molecule has 2 nitrogen and oxygen atoms in total. The van der Waals surface area contributed by atoms with Crippen molar-refractivity contribution in [2.75, 3.05) is 24.5 Å². The van der Waals surface area contributed by atoms with Crippen molar-refractivity contribution in [3.63, 3.8) is 0 Å². The minimum absolute atomic E-state index is 0.124. The fourth-order valence-corrected chi connectivity index (χ4v) is 2.40. The molecule has 0 aromatic heterocycles. The summed E-state index contributed by atoms with van der Waals surface area (Å²) in [7, 11) is 0. The number of benzene rings is 1. The van der Waals surface area contributed by atoms with E-state index in [0.717, 1.165) is 12.0 Å². The van der Waals surface area contributed by atoms with E-state index in [-0.39, 0.29) is 5.92 Å². The lowest BCUT2D eigenvalue weighted by Crippen LogP contribution is -2.33. The summed E-state index contributed by atoms with van der Waals surface area (Å²) in [5.41, 5.74) is 7.18. The van der Waals surface area contributed by atoms with Gasteiger partial charge in [-0.1, -0.05) is 18.2 Å². The minimum Gasteiger partial charge on any atom is -0.362 e. The van der Waals surface area contributed by atoms with Crippen LogP contribution in [0.15, 0.2) is 24.3 Å². The number of fused-ring (bicyclic) bond motifs is 1. The van der Waals surface area contributed by atoms with Crippen LogP contribution in [0, 0.1) is 0 Å². The topological polar surface area (TPSA) is 29.3 Å². The van der Waals surface area contributed by atoms with Crippen LogP contribution >= 0.6 is 0 Å². The van der Waals surface area contributed by atoms with Crippen molar-refractivity contribution in [3.05, 3.63) is 29.8 Å². The molecule has 17 heavy (non-hydrogen) atoms. The lowest BCUT2D eigenvalue weighted by Gasteiger charge is -2.21. The second-order valence-electron chi connectivity index (χ2n) is 4.33. The normalized spacial score (nSPS) is 19.5. The maximum Gasteiger partial charge on any atom is 0.405 e. The van der Waals surface area contributed by atoms with Crippen molar-refractivity contribution in [1.82, 2.24) is 0 Å². The second kappa shape index (κ2) is 4.56. The zero-order chi connectivity index (χ0) is 12.5. The Morgan fingerprint density at radius 3 is 2.65 bits per heavy atom. The first kappa shape index (κ1) is 12.2. The predicted molar refractivity (Wildman–Crippen MR) is 61.1 cm³/mol. The Morgan fingerprint density at radius 1 is 1.29 bits per heavy atom. The summed E-state index contributed by atoms with van der Waals surface area (Å²) in [5, 5.41) is 0. The van der Waals surface area contributed by atoms with E-state index in [1.807, 2.05) is 12.1 Å². The summed E-state index contributed by atoms with van der Waals surface area (Å²) in [6.45, 7) is 0.0278. The van der Waals surface area contributed by atoms with Gasteiger partial charge in [0.2, 0.25) is 0 Å². The molecular weight excluding hydrogens is 229 g/mol. The van der Waals surface area contributed by atoms with E-state index in [4.69, 9.17) is 5.73 Å². The third kappa shape index (κ3) is 2.72. The Balaban J connectivity index is 2.22. The van der Waals surface area contributed by atoms with Crippen LogP contribution in [0.1, 0.15) is 17.9 Å². The van der Waals surface area contributed by atoms with Gasteiger partial charge in [0.15, 0.2) is 0 Å². The standard InChI is InChI=1S/C12H15F3N2/c13-12(14,15)8-17-7-9(5-6-16)10-3-1-2-4-11(10)17/h1-4,9H,5-8,16H2. The minimum atomic E-state index is -4.16. The summed E-state index contributed by atoms with van der Waals surface area (Å²) < 4.78 is 37.3. The Bertz CT molecular complexity index is 390. The molecule has 1 aliphatic rings. The molecule has 0 amide bonds. The van der Waals surface area contributed by atoms with E-state index in [0.29, 0.717) is 18.8 Å². The quantitative estimate of drug-likeness (QED) is 0.885. The van der Waals surface area contributed by atoms with E-state index in [2.05, 4.69) is 0 Å². The zero-order valence-electron chi connectivity index (χ0n) is 9.37. The van der Waals surface area contributed by atoms with Gasteiger partial charge in [0.1, 0.15) is 6.54 Å². The van der Waals surface area contributed by atoms with Crippen molar-refractivity contribution in [2.24, 2.45) is 5.73 Å². The molecule has 1 aromatic carbocycles. The lowest BCUT2D eigenvalue weighted by atomic mass is 9.98. The van der Waals surface area contributed by atoms with Gasteiger partial charge in [-0.25, -0.2) is 0 Å². The Labute approximate surface area is 98.2 Å². The third-order valence-electron chi connectivity index (χ3n) is 3.04. The molecule has 1 heterocycles. The van der Waals surface area contributed by atoms with Gasteiger partial charge < -0.3 is 10.6 Å². The van der Waals surface area contributed by atoms with Crippen molar-refractivity contribution in [3.8, 4) is 0 Å². The van der Waals surface area contributed by atoms with Crippen molar-refractivity contribution in [1.29, 1.82) is 0 Å². The van der Waals surface area contributed by atoms with Crippen LogP contribution in [0.3, 0.4) is 0 Å². The summed E-state index contributed by atoms with van der Waals surface area (Å²) >= 11 is 0. The number of halogens is 3. The SMILES string of the molecule is NCCC1CN(CC(F)(F)F)c2ccccc21. The summed E-state index contributed by atoms with van der Waals surface area (Å²) in [6.07, 6.45) is -3.43. The van der Waals surface area contributed by atoms with Gasteiger partial charge in [0.25, 0.3) is 0 Å². The van der Waals surface area contributed by atoms with E-state index in [1.54, 1.807) is 12.1 Å². The maximum absolute atomic E-state index is 12.4. The Morgan fingerprint density at radius 2 is 2.00 bits per heavy atom. The molecule has 94 valence electrons. The molecule has 0 aliphatic carbocycles. The number of anilines is 1. The number of nitrogens with zero attached hydrogens (tertiary/aromatic N) is 1. The highest BCUT2D eigenvalue weighted by Gasteiger charge is 2.36. The number of nitrogens with two attached hydrogens (primary N) is 1. The summed E-state index contributed by atoms with van der Waals surface area (Å²) in [5.74, 6) is 0.124. The Kier molecular flexibility index (Phi) is 3.28. The molecule has 0 saturated carbocycles. The van der Waals surface area contributed by atoms with Gasteiger partial charge >= 0.3 is 6.18 Å². The molecule has 1 atom stereocenters. The average molecular weight is 244 g/mol. The lowest BCUT2D eigenvalue weighted by molar-refractivity contribution is -0.119. The van der Waals surface area contributed by atoms with Crippen LogP contribution in [0.4, 0.5) is 18.9 Å². The number of alkyl halides is 3. The first-order valence-corrected chi connectivity index (χ1v) is 5.62. The molecule has 0 saturated heterocycles. The molecule has 0 bridgehead atoms. The summed E-state index contributed by atoms with van der Waals surface area (Å²) in [4.78, 5) is 1.40. The van der Waals surface area contributed by atoms with E-state index in [1.165, 1.54) is 4.90 Å². The highest BCUT2D eigenvalue weighted by atomic mass is 19.4. The smallest absolute Gasteiger partial charge is 0.362 e. The fourth-order valence-electron chi connectivity index (χ4n) is 2.40. The van der Waals surface area contributed by atoms with Gasteiger partial charge in [-0.05, 0) is 24.6 Å². The van der Waals surface area contributed by atoms with Gasteiger partial charge in [-0.3, -0.25) is 0 Å². The number of para-hydroxylation sites is 1. The van der Waals surface area contributed by atoms with Crippen LogP contribution in [-0.4, -0.2) is 25.8 Å². The van der Waals surface area contributed by atoms with Crippen molar-refractivity contribution >= 4 is 5.69 Å². The summed E-state index contributed by atoms with van der Waals surface area (Å²) in [6, 6.07) is 7.27. The molecule has 1 aliphatic heterocycles. The molecule has 2 N–H and O–H groups in total. The highest BCUT2D eigenvalue weighted by molar-refractivity contribution is 5.60. The molecule has 1 unspecified atom stereocenters. The molecular formula is C12H15F3N2. The van der Waals surface area contributed by atoms with Crippen LogP contribution in [0.25, 0.3) is 0 Å². The highest BCUT2D eigenvalue weighted by Crippen LogP contribution is 2.38. The van der Waals surface area contributed by atoms with Crippen LogP contribution in [0.5, 0.6) is 0 Å². The predicted octanol–water partition coefficient (Wildman–Crippen LogP) is 2.50. The number of rotatable bonds is 3. The van der Waals surface area contributed by atoms with E-state index in [9.17, 15) is 13.2 Å². The van der Waals surface area contributed by atoms with Crippen LogP contribution in [-0.2, 0) is 0 Å². The van der Waals surface area contributed by atoms with Gasteiger partial charge in [-0.15, -0.1) is 0 Å². The molecule has 0 fully saturated rings. The molecule has 0 spiro atoms. The van der Waals surface area contributed by atoms with Crippen LogP contribution in [0.2, 0.25) is 0 Å². The monoisotopic (exact) mass is 244 g/mol. The zero-order valence-corrected chi connectivity index (χ0v) is 9.37. The fraction of sp³-hybridized carbons (Fsp3) is 0.500. The first-order chi connectivity index (χ1) is 8.01. The first-order valence-electron chi connectivity index (χ1n) is 5.62. The van der Waals surface area contributed by atoms with Gasteiger partial charge in [-0.2, -0.15) is 13.2 Å². The van der Waals surface area contributed by atoms with E-state index < -0.39 is 12.7 Å². The molecule has 5 heteroatoms. The molecule has 1 aromatic rings. The molecule has 0 radical (unpaired) electrons. The Hall–Kier alpha value is -1.23. The molecule has 2 rings (SSSR count). The number of hydrogen-bond acceptors (Lipinski definition) is 2. The van der Waals surface area contributed by atoms with E-state index >= 15 is 0 Å². The largest absolute Gasteiger partial charge is 0.405 e.